The number of likely N-dealkylation sites (tertiary alicyclic amines) is 2. The average molecular weight is 315 g/mol. The number of carbonyl (C=O) groups is 1. The van der Waals surface area contributed by atoms with Crippen molar-refractivity contribution in [2.45, 2.75) is 66.7 Å². The van der Waals surface area contributed by atoms with E-state index in [9.17, 15) is 4.79 Å². The molecule has 0 aromatic rings. The quantitative estimate of drug-likeness (QED) is 0.709. The highest BCUT2D eigenvalue weighted by Crippen LogP contribution is 2.17. The highest BCUT2D eigenvalue weighted by atomic mass is 16.1. The fourth-order valence-electron chi connectivity index (χ4n) is 2.57. The van der Waals surface area contributed by atoms with Crippen molar-refractivity contribution in [3.05, 3.63) is 0 Å². The van der Waals surface area contributed by atoms with Crippen molar-refractivity contribution in [1.82, 2.24) is 9.80 Å². The molecule has 2 aliphatic rings. The largest absolute Gasteiger partial charge is 0.306 e. The van der Waals surface area contributed by atoms with Crippen LogP contribution >= 0.6 is 0 Å². The molecule has 0 amide bonds. The molecule has 2 fully saturated rings. The van der Waals surface area contributed by atoms with Gasteiger partial charge in [0.2, 0.25) is 0 Å². The molecular weight excluding hydrogens is 272 g/mol. The lowest BCUT2D eigenvalue weighted by Gasteiger charge is -2.27. The van der Waals surface area contributed by atoms with E-state index >= 15 is 0 Å². The van der Waals surface area contributed by atoms with Gasteiger partial charge in [-0.1, -0.05) is 34.6 Å². The van der Waals surface area contributed by atoms with Crippen LogP contribution < -0.4 is 0 Å². The molecule has 0 aromatic heterocycles. The summed E-state index contributed by atoms with van der Waals surface area (Å²) in [6.07, 6.45) is 7.03. The standard InChI is InChI=1S/C8H15NO.C7H15N.2C2H6/c1-9-5-2-8(3-6-9)4-7-10;1-7-3-5-8(2)6-4-7;2*1-2/h7-8H,2-6H2,1H3;7H,3-6H2,1-2H3;2*1-2H3. The van der Waals surface area contributed by atoms with Crippen LogP contribution in [-0.2, 0) is 4.79 Å². The summed E-state index contributed by atoms with van der Waals surface area (Å²) in [5.41, 5.74) is 0. The van der Waals surface area contributed by atoms with Gasteiger partial charge in [-0.05, 0) is 77.8 Å². The number of aldehydes is 1. The van der Waals surface area contributed by atoms with Gasteiger partial charge in [0.1, 0.15) is 6.29 Å². The predicted molar refractivity (Wildman–Crippen MR) is 99.5 cm³/mol. The van der Waals surface area contributed by atoms with Crippen LogP contribution in [-0.4, -0.2) is 56.4 Å². The normalized spacial score (nSPS) is 20.5. The molecule has 0 spiro atoms. The lowest BCUT2D eigenvalue weighted by atomic mass is 9.95. The molecule has 2 saturated heterocycles. The Morgan fingerprint density at radius 3 is 1.50 bits per heavy atom. The monoisotopic (exact) mass is 314 g/mol. The number of hydrogen-bond acceptors (Lipinski definition) is 3. The molecule has 0 saturated carbocycles. The zero-order valence-electron chi connectivity index (χ0n) is 16.4. The van der Waals surface area contributed by atoms with Crippen LogP contribution in [0.3, 0.4) is 0 Å². The minimum Gasteiger partial charge on any atom is -0.306 e. The lowest BCUT2D eigenvalue weighted by Crippen LogP contribution is -2.30. The van der Waals surface area contributed by atoms with Crippen LogP contribution in [0.25, 0.3) is 0 Å². The molecule has 0 aliphatic carbocycles. The Labute approximate surface area is 140 Å². The third-order valence-electron chi connectivity index (χ3n) is 4.27. The summed E-state index contributed by atoms with van der Waals surface area (Å²) in [5, 5.41) is 0. The number of hydrogen-bond donors (Lipinski definition) is 0. The lowest BCUT2D eigenvalue weighted by molar-refractivity contribution is -0.108. The summed E-state index contributed by atoms with van der Waals surface area (Å²) >= 11 is 0. The second-order valence-corrected chi connectivity index (χ2v) is 6.13. The molecule has 0 radical (unpaired) electrons. The molecule has 0 aromatic carbocycles. The first-order chi connectivity index (χ1) is 10.6. The maximum Gasteiger partial charge on any atom is 0.120 e. The van der Waals surface area contributed by atoms with Crippen LogP contribution in [0, 0.1) is 11.8 Å². The van der Waals surface area contributed by atoms with Crippen LogP contribution in [0.2, 0.25) is 0 Å². The molecule has 2 aliphatic heterocycles. The molecule has 2 heterocycles. The number of carbonyl (C=O) groups excluding carboxylic acids is 1. The van der Waals surface area contributed by atoms with Gasteiger partial charge in [-0.2, -0.15) is 0 Å². The molecule has 0 atom stereocenters. The molecule has 134 valence electrons. The topological polar surface area (TPSA) is 23.6 Å². The SMILES string of the molecule is CC.CC.CC1CCN(C)CC1.CN1CCC(CC=O)CC1. The van der Waals surface area contributed by atoms with Crippen LogP contribution in [0.1, 0.15) is 66.7 Å². The van der Waals surface area contributed by atoms with E-state index in [2.05, 4.69) is 30.8 Å². The summed E-state index contributed by atoms with van der Waals surface area (Å²) in [5.74, 6) is 1.65. The minimum absolute atomic E-state index is 0.675. The van der Waals surface area contributed by atoms with Crippen molar-refractivity contribution in [1.29, 1.82) is 0 Å². The average Bonchev–Trinajstić information content (AvgIpc) is 2.57. The smallest absolute Gasteiger partial charge is 0.120 e. The summed E-state index contributed by atoms with van der Waals surface area (Å²) in [6.45, 7) is 15.3. The zero-order valence-corrected chi connectivity index (χ0v) is 16.4. The Morgan fingerprint density at radius 2 is 1.18 bits per heavy atom. The van der Waals surface area contributed by atoms with Crippen molar-refractivity contribution in [2.24, 2.45) is 11.8 Å². The Balaban J connectivity index is 0. The molecule has 2 rings (SSSR count). The fraction of sp³-hybridized carbons (Fsp3) is 0.947. The molecule has 0 N–H and O–H groups in total. The highest BCUT2D eigenvalue weighted by Gasteiger charge is 2.15. The third-order valence-corrected chi connectivity index (χ3v) is 4.27. The van der Waals surface area contributed by atoms with Gasteiger partial charge in [-0.3, -0.25) is 0 Å². The van der Waals surface area contributed by atoms with E-state index in [4.69, 9.17) is 0 Å². The van der Waals surface area contributed by atoms with Crippen LogP contribution in [0.5, 0.6) is 0 Å². The molecule has 3 heteroatoms. The van der Waals surface area contributed by atoms with Crippen molar-refractivity contribution < 1.29 is 4.79 Å². The third kappa shape index (κ3) is 13.3. The second-order valence-electron chi connectivity index (χ2n) is 6.13. The van der Waals surface area contributed by atoms with Gasteiger partial charge < -0.3 is 14.6 Å². The molecule has 3 nitrogen and oxygen atoms in total. The second kappa shape index (κ2) is 17.0. The van der Waals surface area contributed by atoms with E-state index in [1.54, 1.807) is 0 Å². The maximum atomic E-state index is 10.1. The fourth-order valence-corrected chi connectivity index (χ4v) is 2.57. The molecular formula is C19H42N2O. The van der Waals surface area contributed by atoms with Gasteiger partial charge in [0.25, 0.3) is 0 Å². The van der Waals surface area contributed by atoms with Crippen molar-refractivity contribution in [2.75, 3.05) is 40.3 Å². The first-order valence-electron chi connectivity index (χ1n) is 9.42. The van der Waals surface area contributed by atoms with E-state index in [1.165, 1.54) is 51.9 Å². The van der Waals surface area contributed by atoms with Gasteiger partial charge in [0, 0.05) is 6.42 Å². The van der Waals surface area contributed by atoms with Crippen LogP contribution in [0.4, 0.5) is 0 Å². The van der Waals surface area contributed by atoms with E-state index < -0.39 is 0 Å². The van der Waals surface area contributed by atoms with Crippen molar-refractivity contribution in [3.63, 3.8) is 0 Å². The Kier molecular flexibility index (Phi) is 18.4. The number of piperidine rings is 2. The Bertz CT molecular complexity index is 207. The first-order valence-corrected chi connectivity index (χ1v) is 9.42. The van der Waals surface area contributed by atoms with Crippen LogP contribution in [0.15, 0.2) is 0 Å². The van der Waals surface area contributed by atoms with Gasteiger partial charge in [-0.25, -0.2) is 0 Å². The highest BCUT2D eigenvalue weighted by molar-refractivity contribution is 5.49. The molecule has 22 heavy (non-hydrogen) atoms. The van der Waals surface area contributed by atoms with E-state index in [-0.39, 0.29) is 0 Å². The van der Waals surface area contributed by atoms with Gasteiger partial charge in [0.05, 0.1) is 0 Å². The van der Waals surface area contributed by atoms with Gasteiger partial charge in [-0.15, -0.1) is 0 Å². The van der Waals surface area contributed by atoms with Gasteiger partial charge >= 0.3 is 0 Å². The number of nitrogens with zero attached hydrogens (tertiary/aromatic N) is 2. The zero-order chi connectivity index (χ0) is 17.4. The summed E-state index contributed by atoms with van der Waals surface area (Å²) in [6, 6.07) is 0. The Morgan fingerprint density at radius 1 is 0.818 bits per heavy atom. The van der Waals surface area contributed by atoms with E-state index in [1.807, 2.05) is 27.7 Å². The van der Waals surface area contributed by atoms with E-state index in [0.717, 1.165) is 18.6 Å². The minimum atomic E-state index is 0.675. The first kappa shape index (κ1) is 23.9. The van der Waals surface area contributed by atoms with Crippen molar-refractivity contribution >= 4 is 6.29 Å². The molecule has 0 bridgehead atoms. The molecule has 0 unspecified atom stereocenters. The summed E-state index contributed by atoms with van der Waals surface area (Å²) in [4.78, 5) is 14.9. The summed E-state index contributed by atoms with van der Waals surface area (Å²) < 4.78 is 0. The predicted octanol–water partition coefficient (Wildman–Crippen LogP) is 4.32. The summed E-state index contributed by atoms with van der Waals surface area (Å²) in [7, 11) is 4.34. The van der Waals surface area contributed by atoms with Crippen molar-refractivity contribution in [3.8, 4) is 0 Å². The van der Waals surface area contributed by atoms with Gasteiger partial charge in [0.15, 0.2) is 0 Å². The number of rotatable bonds is 2. The maximum absolute atomic E-state index is 10.1. The van der Waals surface area contributed by atoms with E-state index in [0.29, 0.717) is 5.92 Å². The Hall–Kier alpha value is -0.410.